The van der Waals surface area contributed by atoms with Crippen LogP contribution >= 0.6 is 0 Å². The van der Waals surface area contributed by atoms with Gasteiger partial charge >= 0.3 is 0 Å². The molecule has 0 unspecified atom stereocenters. The minimum absolute atomic E-state index is 0.288. The monoisotopic (exact) mass is 213 g/mol. The van der Waals surface area contributed by atoms with Gasteiger partial charge in [-0.1, -0.05) is 0 Å². The zero-order valence-corrected chi connectivity index (χ0v) is 9.50. The molecule has 0 aromatic carbocycles. The highest BCUT2D eigenvalue weighted by Crippen LogP contribution is 2.27. The molecule has 15 heavy (non-hydrogen) atoms. The van der Waals surface area contributed by atoms with Crippen molar-refractivity contribution in [3.05, 3.63) is 0 Å². The van der Waals surface area contributed by atoms with E-state index < -0.39 is 0 Å². The maximum atomic E-state index is 7.51. The molecule has 0 saturated heterocycles. The van der Waals surface area contributed by atoms with Crippen molar-refractivity contribution in [2.45, 2.75) is 25.7 Å². The molecule has 5 heteroatoms. The van der Waals surface area contributed by atoms with E-state index in [1.54, 1.807) is 7.05 Å². The summed E-state index contributed by atoms with van der Waals surface area (Å²) in [6.45, 7) is 1.68. The van der Waals surface area contributed by atoms with Crippen LogP contribution < -0.4 is 16.9 Å². The molecular formula is C10H23N5. The van der Waals surface area contributed by atoms with E-state index >= 15 is 0 Å². The van der Waals surface area contributed by atoms with Crippen LogP contribution in [0.5, 0.6) is 0 Å². The molecule has 1 rings (SSSR count). The maximum Gasteiger partial charge on any atom is 0.205 e. The average Bonchev–Trinajstić information content (AvgIpc) is 2.26. The molecule has 0 aliphatic heterocycles. The molecule has 0 atom stereocenters. The Morgan fingerprint density at radius 3 is 2.33 bits per heavy atom. The third-order valence-electron chi connectivity index (χ3n) is 3.21. The highest BCUT2D eigenvalue weighted by molar-refractivity contribution is 5.75. The Balaban J connectivity index is 2.16. The Hall–Kier alpha value is -0.810. The molecule has 88 valence electrons. The second-order valence-corrected chi connectivity index (χ2v) is 4.46. The van der Waals surface area contributed by atoms with Gasteiger partial charge in [0.05, 0.1) is 0 Å². The van der Waals surface area contributed by atoms with Crippen molar-refractivity contribution in [1.82, 2.24) is 10.3 Å². The summed E-state index contributed by atoms with van der Waals surface area (Å²) in [5.41, 5.74) is 5.64. The van der Waals surface area contributed by atoms with Crippen LogP contribution in [0.15, 0.2) is 0 Å². The normalized spacial score (nSPS) is 26.1. The number of nitrogens with one attached hydrogen (secondary N) is 2. The van der Waals surface area contributed by atoms with E-state index in [0.717, 1.165) is 19.0 Å². The Kier molecular flexibility index (Phi) is 4.84. The second-order valence-electron chi connectivity index (χ2n) is 4.46. The standard InChI is InChI=1S/C10H23N5/c1-15(13)10(12)14-7-9-4-2-8(6-11)3-5-9/h8-9H,2-7,11,13H2,1H3,(H2,12,14)/t8-,9-. The van der Waals surface area contributed by atoms with E-state index in [-0.39, 0.29) is 5.96 Å². The predicted octanol–water partition coefficient (Wildman–Crippen LogP) is 0.0814. The van der Waals surface area contributed by atoms with Gasteiger partial charge in [-0.25, -0.2) is 5.84 Å². The first-order chi connectivity index (χ1) is 7.13. The lowest BCUT2D eigenvalue weighted by atomic mass is 9.82. The van der Waals surface area contributed by atoms with Gasteiger partial charge in [0.2, 0.25) is 5.96 Å². The molecule has 0 heterocycles. The molecule has 0 aromatic rings. The Morgan fingerprint density at radius 1 is 1.33 bits per heavy atom. The first-order valence-electron chi connectivity index (χ1n) is 5.64. The van der Waals surface area contributed by atoms with Gasteiger partial charge in [-0.2, -0.15) is 0 Å². The summed E-state index contributed by atoms with van der Waals surface area (Å²) in [5, 5.41) is 11.8. The van der Waals surface area contributed by atoms with Crippen molar-refractivity contribution >= 4 is 5.96 Å². The number of nitrogens with two attached hydrogens (primary N) is 2. The van der Waals surface area contributed by atoms with E-state index in [4.69, 9.17) is 17.0 Å². The summed E-state index contributed by atoms with van der Waals surface area (Å²) >= 11 is 0. The smallest absolute Gasteiger partial charge is 0.205 e. The fourth-order valence-electron chi connectivity index (χ4n) is 2.04. The summed E-state index contributed by atoms with van der Waals surface area (Å²) in [6.07, 6.45) is 4.90. The van der Waals surface area contributed by atoms with Gasteiger partial charge in [0.15, 0.2) is 0 Å². The first-order valence-corrected chi connectivity index (χ1v) is 5.64. The quantitative estimate of drug-likeness (QED) is 0.231. The van der Waals surface area contributed by atoms with Crippen LogP contribution in [0.3, 0.4) is 0 Å². The lowest BCUT2D eigenvalue weighted by Crippen LogP contribution is -2.44. The molecule has 1 fully saturated rings. The lowest BCUT2D eigenvalue weighted by molar-refractivity contribution is 0.277. The molecule has 5 nitrogen and oxygen atoms in total. The molecule has 0 radical (unpaired) electrons. The zero-order chi connectivity index (χ0) is 11.3. The van der Waals surface area contributed by atoms with E-state index in [2.05, 4.69) is 5.32 Å². The number of nitrogens with zero attached hydrogens (tertiary/aromatic N) is 1. The van der Waals surface area contributed by atoms with Crippen LogP contribution in [0, 0.1) is 17.2 Å². The fraction of sp³-hybridized carbons (Fsp3) is 0.900. The highest BCUT2D eigenvalue weighted by Gasteiger charge is 2.20. The number of hydrogen-bond acceptors (Lipinski definition) is 3. The van der Waals surface area contributed by atoms with Gasteiger partial charge in [0.25, 0.3) is 0 Å². The lowest BCUT2D eigenvalue weighted by Gasteiger charge is -2.28. The second kappa shape index (κ2) is 5.92. The van der Waals surface area contributed by atoms with E-state index in [1.165, 1.54) is 30.7 Å². The molecule has 1 aliphatic carbocycles. The third-order valence-corrected chi connectivity index (χ3v) is 3.21. The summed E-state index contributed by atoms with van der Waals surface area (Å²) in [4.78, 5) is 0. The Morgan fingerprint density at radius 2 is 1.87 bits per heavy atom. The van der Waals surface area contributed by atoms with Crippen LogP contribution in [-0.2, 0) is 0 Å². The van der Waals surface area contributed by atoms with Gasteiger partial charge < -0.3 is 11.1 Å². The summed E-state index contributed by atoms with van der Waals surface area (Å²) in [7, 11) is 1.67. The maximum absolute atomic E-state index is 7.51. The molecule has 0 amide bonds. The third kappa shape index (κ3) is 4.05. The summed E-state index contributed by atoms with van der Waals surface area (Å²) in [6, 6.07) is 0. The van der Waals surface area contributed by atoms with Gasteiger partial charge in [-0.05, 0) is 44.1 Å². The molecular weight excluding hydrogens is 190 g/mol. The van der Waals surface area contributed by atoms with E-state index in [9.17, 15) is 0 Å². The van der Waals surface area contributed by atoms with Gasteiger partial charge in [0, 0.05) is 13.6 Å². The van der Waals surface area contributed by atoms with Crippen LogP contribution in [0.2, 0.25) is 0 Å². The van der Waals surface area contributed by atoms with Crippen LogP contribution in [-0.4, -0.2) is 31.1 Å². The Bertz CT molecular complexity index is 196. The summed E-state index contributed by atoms with van der Waals surface area (Å²) < 4.78 is 0. The predicted molar refractivity (Wildman–Crippen MR) is 62.2 cm³/mol. The van der Waals surface area contributed by atoms with E-state index in [1.807, 2.05) is 0 Å². The van der Waals surface area contributed by atoms with Gasteiger partial charge in [0.1, 0.15) is 0 Å². The first kappa shape index (κ1) is 12.3. The van der Waals surface area contributed by atoms with Crippen LogP contribution in [0.4, 0.5) is 0 Å². The largest absolute Gasteiger partial charge is 0.355 e. The molecule has 0 aromatic heterocycles. The van der Waals surface area contributed by atoms with Crippen molar-refractivity contribution in [3.63, 3.8) is 0 Å². The molecule has 0 bridgehead atoms. The topological polar surface area (TPSA) is 91.2 Å². The molecule has 1 aliphatic rings. The molecule has 6 N–H and O–H groups in total. The van der Waals surface area contributed by atoms with Gasteiger partial charge in [-0.3, -0.25) is 10.4 Å². The number of guanidine groups is 1. The van der Waals surface area contributed by atoms with Crippen molar-refractivity contribution < 1.29 is 0 Å². The SMILES string of the molecule is CN(N)C(=N)NC[C@H]1CC[C@H](CN)CC1. The highest BCUT2D eigenvalue weighted by atomic mass is 15.5. The number of hydrogen-bond donors (Lipinski definition) is 4. The van der Waals surface area contributed by atoms with Gasteiger partial charge in [-0.15, -0.1) is 0 Å². The Labute approximate surface area is 91.7 Å². The number of hydrazine groups is 1. The van der Waals surface area contributed by atoms with Crippen LogP contribution in [0.25, 0.3) is 0 Å². The van der Waals surface area contributed by atoms with Crippen molar-refractivity contribution in [3.8, 4) is 0 Å². The molecule has 0 spiro atoms. The van der Waals surface area contributed by atoms with E-state index in [0.29, 0.717) is 5.92 Å². The van der Waals surface area contributed by atoms with Crippen molar-refractivity contribution in [2.24, 2.45) is 23.4 Å². The van der Waals surface area contributed by atoms with Crippen molar-refractivity contribution in [1.29, 1.82) is 5.41 Å². The summed E-state index contributed by atoms with van der Waals surface area (Å²) in [5.74, 6) is 7.11. The fourth-order valence-corrected chi connectivity index (χ4v) is 2.04. The minimum Gasteiger partial charge on any atom is -0.355 e. The minimum atomic E-state index is 0.288. The molecule has 1 saturated carbocycles. The van der Waals surface area contributed by atoms with Crippen molar-refractivity contribution in [2.75, 3.05) is 20.1 Å². The zero-order valence-electron chi connectivity index (χ0n) is 9.50. The average molecular weight is 213 g/mol. The van der Waals surface area contributed by atoms with Crippen LogP contribution in [0.1, 0.15) is 25.7 Å². The number of rotatable bonds is 3.